The Balaban J connectivity index is 2.42. The fourth-order valence-corrected chi connectivity index (χ4v) is 3.07. The van der Waals surface area contributed by atoms with E-state index in [9.17, 15) is 24.4 Å². The number of ether oxygens (including phenoxy) is 6. The van der Waals surface area contributed by atoms with E-state index in [-0.39, 0.29) is 16.7 Å². The molecule has 1 aliphatic heterocycles. The summed E-state index contributed by atoms with van der Waals surface area (Å²) >= 11 is 0. The Kier molecular flexibility index (Phi) is 8.96. The minimum absolute atomic E-state index is 0.0797. The molecule has 1 heterocycles. The maximum Gasteiger partial charge on any atom is 0.303 e. The molecule has 33 heavy (non-hydrogen) atoms. The van der Waals surface area contributed by atoms with Gasteiger partial charge in [-0.3, -0.25) is 24.4 Å². The lowest BCUT2D eigenvalue weighted by atomic mass is 9.98. The molecule has 1 saturated heterocycles. The summed E-state index contributed by atoms with van der Waals surface area (Å²) in [6, 6.07) is 5.14. The summed E-state index contributed by atoms with van der Waals surface area (Å²) in [7, 11) is 0. The van der Waals surface area contributed by atoms with Gasteiger partial charge in [0.1, 0.15) is 18.5 Å². The van der Waals surface area contributed by atoms with Crippen molar-refractivity contribution in [2.24, 2.45) is 0 Å². The van der Waals surface area contributed by atoms with E-state index in [1.165, 1.54) is 24.3 Å². The van der Waals surface area contributed by atoms with Crippen LogP contribution < -0.4 is 9.96 Å². The van der Waals surface area contributed by atoms with E-state index in [4.69, 9.17) is 33.6 Å². The number of carbonyl (C=O) groups excluding carboxylic acids is 4. The Morgan fingerprint density at radius 3 is 1.88 bits per heavy atom. The summed E-state index contributed by atoms with van der Waals surface area (Å²) in [4.78, 5) is 46.6. The van der Waals surface area contributed by atoms with Crippen LogP contribution in [0.2, 0.25) is 0 Å². The minimum atomic E-state index is -1.41. The topological polar surface area (TPSA) is 170 Å². The molecule has 1 aliphatic rings. The highest BCUT2D eigenvalue weighted by atomic mass is 16.8. The van der Waals surface area contributed by atoms with Crippen molar-refractivity contribution < 1.29 is 52.8 Å². The molecule has 1 aromatic carbocycles. The van der Waals surface area contributed by atoms with Crippen LogP contribution >= 0.6 is 0 Å². The van der Waals surface area contributed by atoms with Crippen LogP contribution in [0.1, 0.15) is 27.7 Å². The van der Waals surface area contributed by atoms with Crippen LogP contribution in [0.25, 0.3) is 0 Å². The molecule has 1 fully saturated rings. The molecule has 1 N–H and O–H groups in total. The predicted octanol–water partition coefficient (Wildman–Crippen LogP) is 0.842. The van der Waals surface area contributed by atoms with Gasteiger partial charge in [0.15, 0.2) is 12.2 Å². The minimum Gasteiger partial charge on any atom is -0.733 e. The summed E-state index contributed by atoms with van der Waals surface area (Å²) in [5, 5.41) is 19.6. The van der Waals surface area contributed by atoms with Crippen molar-refractivity contribution in [3.63, 3.8) is 0 Å². The summed E-state index contributed by atoms with van der Waals surface area (Å²) < 4.78 is 32.3. The second-order valence-corrected chi connectivity index (χ2v) is 6.95. The third-order valence-corrected chi connectivity index (χ3v) is 4.26. The number of benzene rings is 1. The second kappa shape index (κ2) is 11.4. The first-order valence-electron chi connectivity index (χ1n) is 9.71. The van der Waals surface area contributed by atoms with Crippen LogP contribution in [0.3, 0.4) is 0 Å². The van der Waals surface area contributed by atoms with Crippen LogP contribution in [-0.2, 0) is 42.9 Å². The number of hydrogen-bond acceptors (Lipinski definition) is 13. The summed E-state index contributed by atoms with van der Waals surface area (Å²) in [5.41, 5.74) is -0.0797. The highest BCUT2D eigenvalue weighted by Crippen LogP contribution is 2.31. The van der Waals surface area contributed by atoms with Gasteiger partial charge < -0.3 is 38.9 Å². The zero-order valence-corrected chi connectivity index (χ0v) is 18.3. The second-order valence-electron chi connectivity index (χ2n) is 6.95. The molecule has 13 nitrogen and oxygen atoms in total. The van der Waals surface area contributed by atoms with Gasteiger partial charge in [0, 0.05) is 27.7 Å². The van der Waals surface area contributed by atoms with E-state index < -0.39 is 61.2 Å². The van der Waals surface area contributed by atoms with E-state index >= 15 is 0 Å². The summed E-state index contributed by atoms with van der Waals surface area (Å²) in [5.74, 6) is -2.82. The first-order chi connectivity index (χ1) is 15.5. The van der Waals surface area contributed by atoms with Crippen molar-refractivity contribution in [2.45, 2.75) is 58.4 Å². The predicted molar refractivity (Wildman–Crippen MR) is 107 cm³/mol. The number of esters is 4. The Hall–Kier alpha value is -3.42. The fourth-order valence-electron chi connectivity index (χ4n) is 3.07. The molecule has 0 aromatic heterocycles. The lowest BCUT2D eigenvalue weighted by molar-refractivity contribution is -0.288. The third-order valence-electron chi connectivity index (χ3n) is 4.26. The first kappa shape index (κ1) is 25.8. The van der Waals surface area contributed by atoms with Gasteiger partial charge in [-0.2, -0.15) is 0 Å². The van der Waals surface area contributed by atoms with Gasteiger partial charge in [0.2, 0.25) is 12.4 Å². The van der Waals surface area contributed by atoms with Crippen molar-refractivity contribution in [1.82, 2.24) is 0 Å². The van der Waals surface area contributed by atoms with E-state index in [0.29, 0.717) is 0 Å². The molecule has 0 unspecified atom stereocenters. The van der Waals surface area contributed by atoms with Gasteiger partial charge in [-0.15, -0.1) is 0 Å². The monoisotopic (exact) mass is 470 g/mol. The zero-order chi connectivity index (χ0) is 24.7. The van der Waals surface area contributed by atoms with Gasteiger partial charge in [0.25, 0.3) is 0 Å². The van der Waals surface area contributed by atoms with E-state index in [2.05, 4.69) is 0 Å². The first-order valence-corrected chi connectivity index (χ1v) is 9.71. The maximum absolute atomic E-state index is 11.8. The highest BCUT2D eigenvalue weighted by Gasteiger charge is 2.53. The Bertz CT molecular complexity index is 855. The van der Waals surface area contributed by atoms with Crippen LogP contribution in [0.4, 0.5) is 5.69 Å². The van der Waals surface area contributed by atoms with Crippen LogP contribution in [0.5, 0.6) is 5.75 Å². The van der Waals surface area contributed by atoms with Crippen LogP contribution in [0, 0.1) is 5.21 Å². The summed E-state index contributed by atoms with van der Waals surface area (Å²) in [6.45, 7) is 4.08. The molecule has 182 valence electrons. The largest absolute Gasteiger partial charge is 0.733 e. The number of nitrogens with zero attached hydrogens (tertiary/aromatic N) is 1. The van der Waals surface area contributed by atoms with Crippen LogP contribution in [0.15, 0.2) is 24.3 Å². The van der Waals surface area contributed by atoms with Gasteiger partial charge >= 0.3 is 23.9 Å². The average molecular weight is 470 g/mol. The average Bonchev–Trinajstić information content (AvgIpc) is 2.70. The van der Waals surface area contributed by atoms with E-state index in [0.717, 1.165) is 27.7 Å². The molecule has 0 spiro atoms. The quantitative estimate of drug-likeness (QED) is 0.322. The molecule has 2 rings (SSSR count). The summed E-state index contributed by atoms with van der Waals surface area (Å²) in [6.07, 6.45) is -6.64. The molecule has 0 amide bonds. The molecule has 0 bridgehead atoms. The van der Waals surface area contributed by atoms with E-state index in [1.54, 1.807) is 0 Å². The lowest BCUT2D eigenvalue weighted by Crippen LogP contribution is -2.63. The maximum atomic E-state index is 11.8. The van der Waals surface area contributed by atoms with Crippen molar-refractivity contribution in [3.8, 4) is 5.75 Å². The Labute approximate surface area is 188 Å². The van der Waals surface area contributed by atoms with Gasteiger partial charge in [-0.05, 0) is 24.3 Å². The fraction of sp³-hybridized carbons (Fsp3) is 0.500. The normalized spacial score (nSPS) is 24.2. The van der Waals surface area contributed by atoms with Gasteiger partial charge in [-0.25, -0.2) is 0 Å². The molecule has 0 aliphatic carbocycles. The van der Waals surface area contributed by atoms with Crippen LogP contribution in [-0.4, -0.2) is 66.4 Å². The number of anilines is 1. The molecule has 0 saturated carbocycles. The van der Waals surface area contributed by atoms with Gasteiger partial charge in [0.05, 0.1) is 5.69 Å². The smallest absolute Gasteiger partial charge is 0.303 e. The number of hydrogen-bond donors (Lipinski definition) is 1. The van der Waals surface area contributed by atoms with Crippen molar-refractivity contribution >= 4 is 29.6 Å². The molecule has 13 heteroatoms. The zero-order valence-electron chi connectivity index (χ0n) is 18.3. The molecular weight excluding hydrogens is 446 g/mol. The number of carbonyl (C=O) groups is 4. The van der Waals surface area contributed by atoms with Crippen molar-refractivity contribution in [2.75, 3.05) is 11.8 Å². The van der Waals surface area contributed by atoms with E-state index in [1.807, 2.05) is 0 Å². The standard InChI is InChI=1S/C20H24NO12/c1-10(22)28-9-16-17(29-11(2)23)18(30-12(3)24)19(31-13(4)25)20(33-16)32-15-7-5-14(6-8-15)21(26)27/h5-8,16-20,26H,9H2,1-4H3/q-1/t16-,17+,18-,19+,20+/m0/s1. The molecule has 5 atom stereocenters. The highest BCUT2D eigenvalue weighted by molar-refractivity contribution is 5.68. The molecule has 0 radical (unpaired) electrons. The Morgan fingerprint density at radius 2 is 1.39 bits per heavy atom. The SMILES string of the molecule is CC(=O)OC[C@@H]1O[C@@H](Oc2ccc(N([O-])O)cc2)[C@H](OC(C)=O)[C@@H](OC(C)=O)[C@@H]1OC(C)=O. The van der Waals surface area contributed by atoms with Crippen molar-refractivity contribution in [1.29, 1.82) is 0 Å². The Morgan fingerprint density at radius 1 is 0.879 bits per heavy atom. The third kappa shape index (κ3) is 7.59. The lowest BCUT2D eigenvalue weighted by Gasteiger charge is -2.43. The van der Waals surface area contributed by atoms with Crippen molar-refractivity contribution in [3.05, 3.63) is 29.5 Å². The van der Waals surface area contributed by atoms with Gasteiger partial charge in [-0.1, -0.05) is 0 Å². The molecular formula is C20H24NO12-. The molecule has 1 aromatic rings. The number of rotatable bonds is 8.